The van der Waals surface area contributed by atoms with E-state index in [0.29, 0.717) is 30.4 Å². The maximum atomic E-state index is 13.0. The molecule has 2 atom stereocenters. The monoisotopic (exact) mass is 517 g/mol. The lowest BCUT2D eigenvalue weighted by atomic mass is 10.2. The van der Waals surface area contributed by atoms with E-state index in [2.05, 4.69) is 37.8 Å². The first kappa shape index (κ1) is 23.6. The third kappa shape index (κ3) is 5.05. The van der Waals surface area contributed by atoms with E-state index in [1.165, 1.54) is 24.5 Å². The molecule has 0 aliphatic heterocycles. The van der Waals surface area contributed by atoms with E-state index < -0.39 is 10.0 Å². The van der Waals surface area contributed by atoms with Gasteiger partial charge in [-0.2, -0.15) is 0 Å². The highest BCUT2D eigenvalue weighted by Gasteiger charge is 2.46. The van der Waals surface area contributed by atoms with Crippen LogP contribution in [-0.2, 0) is 21.4 Å². The molecule has 4 aromatic rings. The Balaban J connectivity index is 1.18. The maximum absolute atomic E-state index is 13.0. The van der Waals surface area contributed by atoms with Crippen molar-refractivity contribution in [2.45, 2.75) is 49.5 Å². The quantitative estimate of drug-likeness (QED) is 0.325. The van der Waals surface area contributed by atoms with Crippen LogP contribution in [0.15, 0.2) is 59.9 Å². The Hall–Kier alpha value is -3.83. The van der Waals surface area contributed by atoms with Gasteiger partial charge in [0.05, 0.1) is 17.9 Å². The highest BCUT2D eigenvalue weighted by atomic mass is 32.2. The molecule has 2 aliphatic carbocycles. The van der Waals surface area contributed by atoms with Crippen LogP contribution in [0.4, 0.5) is 11.4 Å². The summed E-state index contributed by atoms with van der Waals surface area (Å²) < 4.78 is 26.4. The minimum atomic E-state index is -4.05. The molecule has 11 heteroatoms. The molecule has 3 heterocycles. The molecule has 2 fully saturated rings. The fraction of sp³-hybridized carbons (Fsp3) is 0.308. The lowest BCUT2D eigenvalue weighted by Gasteiger charge is -2.13. The van der Waals surface area contributed by atoms with Crippen LogP contribution in [0.25, 0.3) is 5.65 Å². The van der Waals surface area contributed by atoms with Gasteiger partial charge in [0.2, 0.25) is 15.9 Å². The maximum Gasteiger partial charge on any atom is 0.240 e. The number of aromatic nitrogens is 4. The van der Waals surface area contributed by atoms with Crippen molar-refractivity contribution in [2.24, 2.45) is 11.1 Å². The molecule has 6 rings (SSSR count). The largest absolute Gasteiger partial charge is 0.379 e. The number of aryl methyl sites for hydroxylation is 1. The second kappa shape index (κ2) is 8.93. The van der Waals surface area contributed by atoms with Crippen molar-refractivity contribution in [2.75, 3.05) is 10.6 Å². The van der Waals surface area contributed by atoms with Gasteiger partial charge in [0, 0.05) is 41.8 Å². The first-order valence-electron chi connectivity index (χ1n) is 12.2. The fourth-order valence-corrected chi connectivity index (χ4v) is 5.30. The van der Waals surface area contributed by atoms with Crippen LogP contribution in [-0.4, -0.2) is 33.7 Å². The average Bonchev–Trinajstić information content (AvgIpc) is 3.78. The van der Waals surface area contributed by atoms with Crippen LogP contribution in [0.3, 0.4) is 0 Å². The molecule has 10 nitrogen and oxygen atoms in total. The molecule has 2 unspecified atom stereocenters. The summed E-state index contributed by atoms with van der Waals surface area (Å²) in [5, 5.41) is 11.5. The molecule has 0 spiro atoms. The average molecular weight is 518 g/mol. The summed E-state index contributed by atoms with van der Waals surface area (Å²) in [6, 6.07) is 10.6. The second-order valence-electron chi connectivity index (χ2n) is 9.84. The zero-order valence-corrected chi connectivity index (χ0v) is 21.1. The first-order valence-corrected chi connectivity index (χ1v) is 13.8. The molecule has 0 radical (unpaired) electrons. The number of amides is 1. The van der Waals surface area contributed by atoms with Crippen LogP contribution in [0, 0.1) is 12.8 Å². The van der Waals surface area contributed by atoms with Crippen molar-refractivity contribution in [3.63, 3.8) is 0 Å². The fourth-order valence-electron chi connectivity index (χ4n) is 4.63. The van der Waals surface area contributed by atoms with Gasteiger partial charge in [-0.3, -0.25) is 4.79 Å². The van der Waals surface area contributed by atoms with Gasteiger partial charge in [0.25, 0.3) is 0 Å². The Kier molecular flexibility index (Phi) is 5.68. The van der Waals surface area contributed by atoms with E-state index in [1.54, 1.807) is 24.4 Å². The number of sulfonamides is 1. The smallest absolute Gasteiger partial charge is 0.240 e. The number of hydrogen-bond acceptors (Lipinski definition) is 7. The Morgan fingerprint density at radius 3 is 2.73 bits per heavy atom. The van der Waals surface area contributed by atoms with E-state index in [-0.39, 0.29) is 28.3 Å². The van der Waals surface area contributed by atoms with Crippen LogP contribution >= 0.6 is 0 Å². The van der Waals surface area contributed by atoms with Crippen LogP contribution in [0.5, 0.6) is 0 Å². The number of nitrogens with one attached hydrogen (secondary N) is 2. The molecular weight excluding hydrogens is 490 g/mol. The van der Waals surface area contributed by atoms with Crippen molar-refractivity contribution in [1.29, 1.82) is 0 Å². The SMILES string of the molecule is Cc1ccnc(C2CC2C(=O)Nc2cc(NCc3cn4cc(C5CC5)ccc4n3)ccc2S(N)(=O)=O)n1. The number of hydrogen-bond donors (Lipinski definition) is 3. The van der Waals surface area contributed by atoms with Crippen LogP contribution in [0.1, 0.15) is 53.9 Å². The number of rotatable bonds is 8. The van der Waals surface area contributed by atoms with E-state index in [9.17, 15) is 13.2 Å². The van der Waals surface area contributed by atoms with Gasteiger partial charge in [-0.05, 0) is 68.0 Å². The highest BCUT2D eigenvalue weighted by molar-refractivity contribution is 7.89. The molecular formula is C26H27N7O3S. The molecule has 3 aromatic heterocycles. The van der Waals surface area contributed by atoms with Gasteiger partial charge >= 0.3 is 0 Å². The molecule has 0 bridgehead atoms. The second-order valence-corrected chi connectivity index (χ2v) is 11.4. The lowest BCUT2D eigenvalue weighted by molar-refractivity contribution is -0.117. The third-order valence-electron chi connectivity index (χ3n) is 6.86. The van der Waals surface area contributed by atoms with Crippen LogP contribution in [0.2, 0.25) is 0 Å². The van der Waals surface area contributed by atoms with Gasteiger partial charge in [-0.25, -0.2) is 28.5 Å². The summed E-state index contributed by atoms with van der Waals surface area (Å²) >= 11 is 0. The normalized spacial score (nSPS) is 19.1. The molecule has 37 heavy (non-hydrogen) atoms. The molecule has 2 saturated carbocycles. The number of pyridine rings is 1. The topological polar surface area (TPSA) is 144 Å². The van der Waals surface area contributed by atoms with Crippen molar-refractivity contribution in [3.05, 3.63) is 77.8 Å². The molecule has 1 amide bonds. The number of primary sulfonamides is 1. The van der Waals surface area contributed by atoms with Gasteiger partial charge < -0.3 is 15.0 Å². The Labute approximate surface area is 214 Å². The Bertz CT molecular complexity index is 1630. The predicted molar refractivity (Wildman–Crippen MR) is 139 cm³/mol. The summed E-state index contributed by atoms with van der Waals surface area (Å²) in [4.78, 5) is 26.1. The number of nitrogens with zero attached hydrogens (tertiary/aromatic N) is 4. The van der Waals surface area contributed by atoms with Crippen molar-refractivity contribution >= 4 is 33.0 Å². The van der Waals surface area contributed by atoms with E-state index >= 15 is 0 Å². The predicted octanol–water partition coefficient (Wildman–Crippen LogP) is 3.31. The number of anilines is 2. The van der Waals surface area contributed by atoms with Crippen LogP contribution < -0.4 is 15.8 Å². The minimum absolute atomic E-state index is 0.0883. The Morgan fingerprint density at radius 2 is 1.97 bits per heavy atom. The van der Waals surface area contributed by atoms with E-state index in [0.717, 1.165) is 17.0 Å². The molecule has 190 valence electrons. The number of fused-ring (bicyclic) bond motifs is 1. The number of benzene rings is 1. The van der Waals surface area contributed by atoms with Gasteiger partial charge in [0.15, 0.2) is 0 Å². The first-order chi connectivity index (χ1) is 17.7. The zero-order chi connectivity index (χ0) is 25.7. The molecule has 1 aromatic carbocycles. The Morgan fingerprint density at radius 1 is 1.14 bits per heavy atom. The molecule has 4 N–H and O–H groups in total. The number of carbonyl (C=O) groups excluding carboxylic acids is 1. The van der Waals surface area contributed by atoms with Crippen molar-refractivity contribution in [1.82, 2.24) is 19.4 Å². The highest BCUT2D eigenvalue weighted by Crippen LogP contribution is 2.46. The van der Waals surface area contributed by atoms with Gasteiger partial charge in [-0.15, -0.1) is 0 Å². The third-order valence-corrected chi connectivity index (χ3v) is 7.83. The molecule has 0 saturated heterocycles. The summed E-state index contributed by atoms with van der Waals surface area (Å²) in [6.45, 7) is 2.30. The summed E-state index contributed by atoms with van der Waals surface area (Å²) in [7, 11) is -4.05. The van der Waals surface area contributed by atoms with Crippen molar-refractivity contribution in [3.8, 4) is 0 Å². The van der Waals surface area contributed by atoms with E-state index in [1.807, 2.05) is 23.6 Å². The number of carbonyl (C=O) groups is 1. The zero-order valence-electron chi connectivity index (χ0n) is 20.3. The van der Waals surface area contributed by atoms with E-state index in [4.69, 9.17) is 5.14 Å². The van der Waals surface area contributed by atoms with Gasteiger partial charge in [0.1, 0.15) is 16.4 Å². The number of nitrogens with two attached hydrogens (primary N) is 1. The van der Waals surface area contributed by atoms with Gasteiger partial charge in [-0.1, -0.05) is 6.07 Å². The summed E-state index contributed by atoms with van der Waals surface area (Å²) in [5.41, 5.74) is 4.64. The van der Waals surface area contributed by atoms with Crippen molar-refractivity contribution < 1.29 is 13.2 Å². The summed E-state index contributed by atoms with van der Waals surface area (Å²) in [5.74, 6) is 0.581. The number of imidazole rings is 1. The molecule has 2 aliphatic rings. The lowest BCUT2D eigenvalue weighted by Crippen LogP contribution is -2.20. The standard InChI is InChI=1S/C26H27N7O3S/c1-15-8-9-28-25(30-15)20-11-21(20)26(34)32-22-10-18(5-6-23(22)37(27,35)36)29-12-19-14-33-13-17(16-2-3-16)4-7-24(33)31-19/h4-10,13-14,16,20-21,29H,2-3,11-12H2,1H3,(H,32,34)(H2,27,35,36). The minimum Gasteiger partial charge on any atom is -0.379 e. The summed E-state index contributed by atoms with van der Waals surface area (Å²) in [6.07, 6.45) is 8.87.